The fraction of sp³-hybridized carbons (Fsp3) is 0. The summed E-state index contributed by atoms with van der Waals surface area (Å²) >= 11 is -5.69. The van der Waals surface area contributed by atoms with Crippen molar-refractivity contribution in [2.75, 3.05) is 0 Å². The van der Waals surface area contributed by atoms with Crippen molar-refractivity contribution in [3.8, 4) is 0 Å². The minimum absolute atomic E-state index is 0. The van der Waals surface area contributed by atoms with Crippen molar-refractivity contribution >= 4 is 18.9 Å². The fourth-order valence-electron chi connectivity index (χ4n) is 0. The number of halogens is 1. The van der Waals surface area contributed by atoms with Crippen molar-refractivity contribution in [1.82, 2.24) is 0 Å². The van der Waals surface area contributed by atoms with Crippen molar-refractivity contribution in [2.24, 2.45) is 0 Å². The second-order valence-electron chi connectivity index (χ2n) is 0.396. The number of rotatable bonds is 0. The standard InChI is InChI=1S/HIO4.Li/c2-1(3,4)5;/h2H;. The van der Waals surface area contributed by atoms with Crippen molar-refractivity contribution in [1.29, 1.82) is 0 Å². The molecule has 0 rings (SSSR count). The molecule has 0 atom stereocenters. The number of hydrogen-bond acceptors (Lipinski definition) is 4. The van der Waals surface area contributed by atoms with Crippen LogP contribution >= 0.6 is 0 Å². The van der Waals surface area contributed by atoms with Crippen LogP contribution in [-0.2, 0) is 0 Å². The van der Waals surface area contributed by atoms with E-state index in [2.05, 4.69) is 0 Å². The predicted octanol–water partition coefficient (Wildman–Crippen LogP) is -7.50. The van der Waals surface area contributed by atoms with Crippen LogP contribution in [0.3, 0.4) is 0 Å². The van der Waals surface area contributed by atoms with Crippen LogP contribution in [0.15, 0.2) is 0 Å². The molecule has 6 heavy (non-hydrogen) atoms. The van der Waals surface area contributed by atoms with E-state index >= 15 is 0 Å². The van der Waals surface area contributed by atoms with Gasteiger partial charge in [-0.3, -0.25) is 10.3 Å². The average molecular weight is 199 g/mol. The van der Waals surface area contributed by atoms with Crippen LogP contribution in [0.4, 0.5) is 0 Å². The minimum atomic E-state index is -5.69. The first-order valence-electron chi connectivity index (χ1n) is 0.632. The second-order valence-corrected chi connectivity index (χ2v) is 2.66. The first-order valence-corrected chi connectivity index (χ1v) is 4.24. The molecule has 0 unspecified atom stereocenters. The Kier molecular flexibility index (Phi) is 5.45. The third kappa shape index (κ3) is 65.9. The summed E-state index contributed by atoms with van der Waals surface area (Å²) < 4.78 is 33.2. The molecule has 0 aromatic heterocycles. The summed E-state index contributed by atoms with van der Waals surface area (Å²) in [4.78, 5) is 0. The van der Waals surface area contributed by atoms with E-state index in [1.807, 2.05) is 0 Å². The maximum atomic E-state index is 8.73. The molecule has 0 saturated heterocycles. The summed E-state index contributed by atoms with van der Waals surface area (Å²) in [6.07, 6.45) is 0. The maximum Gasteiger partial charge on any atom is 0.368 e. The summed E-state index contributed by atoms with van der Waals surface area (Å²) in [6.45, 7) is 0. The van der Waals surface area contributed by atoms with Gasteiger partial charge in [0.2, 0.25) is 0 Å². The summed E-state index contributed by atoms with van der Waals surface area (Å²) in [5.41, 5.74) is 0. The zero-order valence-corrected chi connectivity index (χ0v) is 5.21. The van der Waals surface area contributed by atoms with Crippen molar-refractivity contribution < 1.29 is 33.8 Å². The van der Waals surface area contributed by atoms with Gasteiger partial charge in [0.15, 0.2) is 0 Å². The largest absolute Gasteiger partial charge is 0.368 e. The Morgan fingerprint density at radius 1 is 1.17 bits per heavy atom. The molecule has 0 fully saturated rings. The van der Waals surface area contributed by atoms with Gasteiger partial charge in [0, 0.05) is 22.3 Å². The monoisotopic (exact) mass is 199 g/mol. The normalized spacial score (nSPS) is 10.0. The topological polar surface area (TPSA) is 89.4 Å². The van der Waals surface area contributed by atoms with E-state index in [4.69, 9.17) is 13.7 Å². The molecule has 0 heterocycles. The van der Waals surface area contributed by atoms with Gasteiger partial charge in [0.1, 0.15) is 0 Å². The molecule has 1 N–H and O–H groups in total. The van der Waals surface area contributed by atoms with E-state index in [-0.39, 0.29) is 18.9 Å². The Labute approximate surface area is 52.7 Å². The zero-order valence-electron chi connectivity index (χ0n) is 3.05. The molecule has 0 aliphatic carbocycles. The molecule has 0 aliphatic heterocycles. The Bertz CT molecular complexity index is 23.0. The van der Waals surface area contributed by atoms with Crippen molar-refractivity contribution in [3.63, 3.8) is 0 Å². The third-order valence-corrected chi connectivity index (χ3v) is 0. The summed E-state index contributed by atoms with van der Waals surface area (Å²) in [6, 6.07) is 0. The smallest absolute Gasteiger partial charge is 0.256 e. The molecular formula is HILiO4. The van der Waals surface area contributed by atoms with Crippen LogP contribution < -0.4 is 30.4 Å². The first-order chi connectivity index (χ1) is 2.00. The van der Waals surface area contributed by atoms with Crippen molar-refractivity contribution in [2.45, 2.75) is 0 Å². The molecule has 0 spiro atoms. The summed E-state index contributed by atoms with van der Waals surface area (Å²) in [7, 11) is 0. The van der Waals surface area contributed by atoms with Gasteiger partial charge in [-0.25, -0.2) is 0 Å². The van der Waals surface area contributed by atoms with Gasteiger partial charge < -0.3 is 0 Å². The minimum Gasteiger partial charge on any atom is -0.256 e. The molecule has 4 nitrogen and oxygen atoms in total. The van der Waals surface area contributed by atoms with Gasteiger partial charge in [-0.05, 0) is 0 Å². The van der Waals surface area contributed by atoms with Gasteiger partial charge in [-0.15, -0.1) is 0 Å². The van der Waals surface area contributed by atoms with Gasteiger partial charge in [-0.1, -0.05) is 0 Å². The maximum absolute atomic E-state index is 8.73. The van der Waals surface area contributed by atoms with E-state index < -0.39 is 20.1 Å². The van der Waals surface area contributed by atoms with E-state index in [0.717, 1.165) is 0 Å². The Balaban J connectivity index is 0. The van der Waals surface area contributed by atoms with E-state index in [1.165, 1.54) is 0 Å². The van der Waals surface area contributed by atoms with Crippen LogP contribution in [0.5, 0.6) is 0 Å². The SMILES string of the molecule is [Li].[O-][I+3]([O-])([O-])O. The van der Waals surface area contributed by atoms with Gasteiger partial charge in [0.05, 0.1) is 0 Å². The molecule has 0 aliphatic rings. The van der Waals surface area contributed by atoms with E-state index in [9.17, 15) is 0 Å². The molecule has 0 aromatic carbocycles. The van der Waals surface area contributed by atoms with Crippen molar-refractivity contribution in [3.05, 3.63) is 0 Å². The van der Waals surface area contributed by atoms with Gasteiger partial charge in [0.25, 0.3) is 0 Å². The van der Waals surface area contributed by atoms with Crippen LogP contribution in [-0.4, -0.2) is 22.3 Å². The Morgan fingerprint density at radius 2 is 1.17 bits per heavy atom. The predicted molar refractivity (Wildman–Crippen MR) is 7.97 cm³/mol. The third-order valence-electron chi connectivity index (χ3n) is 0. The van der Waals surface area contributed by atoms with Gasteiger partial charge >= 0.3 is 20.1 Å². The number of hydrogen-bond donors (Lipinski definition) is 1. The van der Waals surface area contributed by atoms with Crippen LogP contribution in [0.1, 0.15) is 0 Å². The quantitative estimate of drug-likeness (QED) is 0.310. The average Bonchev–Trinajstić information content (AvgIpc) is 0.722. The molecule has 0 amide bonds. The first kappa shape index (κ1) is 10.2. The summed E-state index contributed by atoms with van der Waals surface area (Å²) in [5, 5.41) is 0. The molecule has 0 aromatic rings. The Morgan fingerprint density at radius 3 is 1.17 bits per heavy atom. The zero-order chi connectivity index (χ0) is 4.50. The second kappa shape index (κ2) is 3.21. The summed E-state index contributed by atoms with van der Waals surface area (Å²) in [5.74, 6) is 0. The van der Waals surface area contributed by atoms with E-state index in [1.54, 1.807) is 0 Å². The molecule has 0 saturated carbocycles. The molecule has 33 valence electrons. The van der Waals surface area contributed by atoms with Crippen LogP contribution in [0, 0.1) is 0 Å². The molecule has 6 heteroatoms. The van der Waals surface area contributed by atoms with Crippen LogP contribution in [0.2, 0.25) is 0 Å². The fourth-order valence-corrected chi connectivity index (χ4v) is 0. The Hall–Kier alpha value is 1.17. The molecule has 1 radical (unpaired) electrons. The van der Waals surface area contributed by atoms with Crippen LogP contribution in [0.25, 0.3) is 0 Å². The molecular weight excluding hydrogens is 198 g/mol. The van der Waals surface area contributed by atoms with E-state index in [0.29, 0.717) is 0 Å². The van der Waals surface area contributed by atoms with Gasteiger partial charge in [-0.2, -0.15) is 0 Å². The molecule has 0 bridgehead atoms.